The summed E-state index contributed by atoms with van der Waals surface area (Å²) >= 11 is 1.12. The molecular weight excluding hydrogens is 405 g/mol. The van der Waals surface area contributed by atoms with E-state index in [2.05, 4.69) is 5.32 Å². The smallest absolute Gasteiger partial charge is 0.346 e. The van der Waals surface area contributed by atoms with Gasteiger partial charge in [-0.2, -0.15) is 0 Å². The number of anilines is 1. The lowest BCUT2D eigenvalue weighted by atomic mass is 9.88. The maximum absolute atomic E-state index is 13.8. The lowest BCUT2D eigenvalue weighted by Crippen LogP contribution is -2.22. The zero-order valence-corrected chi connectivity index (χ0v) is 17.3. The average molecular weight is 425 g/mol. The molecule has 30 heavy (non-hydrogen) atoms. The number of amides is 1. The van der Waals surface area contributed by atoms with Crippen molar-refractivity contribution in [3.05, 3.63) is 69.7 Å². The maximum Gasteiger partial charge on any atom is 0.346 e. The highest BCUT2D eigenvalue weighted by Gasteiger charge is 2.34. The highest BCUT2D eigenvalue weighted by Crippen LogP contribution is 2.49. The Bertz CT molecular complexity index is 1140. The van der Waals surface area contributed by atoms with Crippen LogP contribution in [0.4, 0.5) is 10.1 Å². The van der Waals surface area contributed by atoms with Crippen molar-refractivity contribution in [3.63, 3.8) is 0 Å². The molecule has 0 saturated carbocycles. The van der Waals surface area contributed by atoms with Crippen molar-refractivity contribution in [2.24, 2.45) is 0 Å². The van der Waals surface area contributed by atoms with Crippen LogP contribution >= 0.6 is 11.3 Å². The SMILES string of the molecule is CC(C)Oc1cccc([C@@H]2CC(=O)Nc3c2sc(C(=O)O)c3-c2cccc(F)c2)c1. The Morgan fingerprint density at radius 1 is 1.23 bits per heavy atom. The summed E-state index contributed by atoms with van der Waals surface area (Å²) in [5.41, 5.74) is 2.07. The van der Waals surface area contributed by atoms with E-state index in [1.165, 1.54) is 18.2 Å². The van der Waals surface area contributed by atoms with E-state index in [0.29, 0.717) is 22.6 Å². The first-order chi connectivity index (χ1) is 14.3. The van der Waals surface area contributed by atoms with Gasteiger partial charge in [0.1, 0.15) is 16.4 Å². The van der Waals surface area contributed by atoms with Crippen LogP contribution in [-0.2, 0) is 4.79 Å². The summed E-state index contributed by atoms with van der Waals surface area (Å²) in [4.78, 5) is 25.3. The molecule has 0 aliphatic carbocycles. The standard InChI is InChI=1S/C23H20FNO4S/c1-12(2)29-16-8-4-5-13(10-16)17-11-18(26)25-20-19(14-6-3-7-15(24)9-14)22(23(27)28)30-21(17)20/h3-10,12,17H,11H2,1-2H3,(H,25,26)(H,27,28)/t17-/m0/s1. The van der Waals surface area contributed by atoms with E-state index in [1.54, 1.807) is 6.07 Å². The fourth-order valence-electron chi connectivity index (χ4n) is 3.70. The molecule has 1 atom stereocenters. The van der Waals surface area contributed by atoms with E-state index >= 15 is 0 Å². The van der Waals surface area contributed by atoms with Crippen molar-refractivity contribution < 1.29 is 23.8 Å². The second kappa shape index (κ2) is 7.91. The Morgan fingerprint density at radius 3 is 2.70 bits per heavy atom. The van der Waals surface area contributed by atoms with Gasteiger partial charge in [0.05, 0.1) is 11.8 Å². The van der Waals surface area contributed by atoms with Crippen LogP contribution in [0.25, 0.3) is 11.1 Å². The molecule has 0 radical (unpaired) electrons. The number of carboxylic acids is 1. The molecule has 0 spiro atoms. The third-order valence-electron chi connectivity index (χ3n) is 4.85. The van der Waals surface area contributed by atoms with E-state index in [0.717, 1.165) is 21.8 Å². The number of aromatic carboxylic acids is 1. The van der Waals surface area contributed by atoms with Crippen LogP contribution in [0.1, 0.15) is 46.3 Å². The van der Waals surface area contributed by atoms with Crippen LogP contribution in [0, 0.1) is 5.82 Å². The largest absolute Gasteiger partial charge is 0.491 e. The normalized spacial score (nSPS) is 15.6. The van der Waals surface area contributed by atoms with Crippen LogP contribution < -0.4 is 10.1 Å². The molecule has 0 unspecified atom stereocenters. The minimum absolute atomic E-state index is 0.00500. The van der Waals surface area contributed by atoms with Crippen molar-refractivity contribution >= 4 is 28.9 Å². The number of hydrogen-bond donors (Lipinski definition) is 2. The number of fused-ring (bicyclic) bond motifs is 1. The van der Waals surface area contributed by atoms with Gasteiger partial charge in [-0.3, -0.25) is 4.79 Å². The maximum atomic E-state index is 13.8. The van der Waals surface area contributed by atoms with Gasteiger partial charge in [-0.05, 0) is 49.2 Å². The number of halogens is 1. The van der Waals surface area contributed by atoms with Gasteiger partial charge in [-0.25, -0.2) is 9.18 Å². The van der Waals surface area contributed by atoms with E-state index < -0.39 is 11.8 Å². The molecule has 0 bridgehead atoms. The van der Waals surface area contributed by atoms with Gasteiger partial charge in [0.2, 0.25) is 5.91 Å². The molecule has 0 saturated heterocycles. The second-order valence-electron chi connectivity index (χ2n) is 7.40. The lowest BCUT2D eigenvalue weighted by Gasteiger charge is -2.24. The summed E-state index contributed by atoms with van der Waals surface area (Å²) in [6.45, 7) is 3.87. The Morgan fingerprint density at radius 2 is 2.00 bits per heavy atom. The summed E-state index contributed by atoms with van der Waals surface area (Å²) in [6, 6.07) is 13.2. The highest BCUT2D eigenvalue weighted by molar-refractivity contribution is 7.15. The fraction of sp³-hybridized carbons (Fsp3) is 0.217. The molecule has 1 aliphatic heterocycles. The molecule has 2 N–H and O–H groups in total. The Kier molecular flexibility index (Phi) is 5.30. The topological polar surface area (TPSA) is 75.6 Å². The molecule has 2 heterocycles. The van der Waals surface area contributed by atoms with Crippen LogP contribution in [0.2, 0.25) is 0 Å². The quantitative estimate of drug-likeness (QED) is 0.565. The van der Waals surface area contributed by atoms with Crippen LogP contribution in [-0.4, -0.2) is 23.1 Å². The van der Waals surface area contributed by atoms with Crippen molar-refractivity contribution in [2.75, 3.05) is 5.32 Å². The molecule has 1 aromatic heterocycles. The molecule has 5 nitrogen and oxygen atoms in total. The van der Waals surface area contributed by atoms with Gasteiger partial charge in [0, 0.05) is 22.8 Å². The third kappa shape index (κ3) is 3.80. The Labute approximate surface area is 177 Å². The lowest BCUT2D eigenvalue weighted by molar-refractivity contribution is -0.116. The van der Waals surface area contributed by atoms with Crippen LogP contribution in [0.3, 0.4) is 0 Å². The predicted molar refractivity (Wildman–Crippen MR) is 114 cm³/mol. The van der Waals surface area contributed by atoms with E-state index in [-0.39, 0.29) is 29.2 Å². The number of carbonyl (C=O) groups excluding carboxylic acids is 1. The summed E-state index contributed by atoms with van der Waals surface area (Å²) < 4.78 is 19.6. The van der Waals surface area contributed by atoms with Crippen molar-refractivity contribution in [1.29, 1.82) is 0 Å². The first-order valence-electron chi connectivity index (χ1n) is 9.56. The molecule has 3 aromatic rings. The van der Waals surface area contributed by atoms with Gasteiger partial charge in [0.25, 0.3) is 0 Å². The Balaban J connectivity index is 1.87. The monoisotopic (exact) mass is 425 g/mol. The van der Waals surface area contributed by atoms with Crippen LogP contribution in [0.5, 0.6) is 5.75 Å². The molecule has 1 amide bonds. The second-order valence-corrected chi connectivity index (χ2v) is 8.46. The molecule has 0 fully saturated rings. The first-order valence-corrected chi connectivity index (χ1v) is 10.4. The summed E-state index contributed by atoms with van der Waals surface area (Å²) in [5.74, 6) is -1.42. The minimum atomic E-state index is -1.11. The molecule has 7 heteroatoms. The summed E-state index contributed by atoms with van der Waals surface area (Å²) in [7, 11) is 0. The fourth-order valence-corrected chi connectivity index (χ4v) is 4.95. The number of hydrogen-bond acceptors (Lipinski definition) is 4. The van der Waals surface area contributed by atoms with Crippen molar-refractivity contribution in [1.82, 2.24) is 0 Å². The number of ether oxygens (including phenoxy) is 1. The number of carbonyl (C=O) groups is 2. The minimum Gasteiger partial charge on any atom is -0.491 e. The zero-order valence-electron chi connectivity index (χ0n) is 16.4. The van der Waals surface area contributed by atoms with Gasteiger partial charge in [-0.1, -0.05) is 24.3 Å². The summed E-state index contributed by atoms with van der Waals surface area (Å²) in [6.07, 6.45) is 0.200. The van der Waals surface area contributed by atoms with Gasteiger partial charge in [0.15, 0.2) is 0 Å². The average Bonchev–Trinajstić information content (AvgIpc) is 3.06. The van der Waals surface area contributed by atoms with E-state index in [4.69, 9.17) is 4.74 Å². The number of thiophene rings is 1. The Hall–Kier alpha value is -3.19. The number of benzene rings is 2. The molecule has 4 rings (SSSR count). The summed E-state index contributed by atoms with van der Waals surface area (Å²) in [5, 5.41) is 12.6. The number of carboxylic acid groups (broad SMARTS) is 1. The van der Waals surface area contributed by atoms with E-state index in [1.807, 2.05) is 38.1 Å². The first kappa shape index (κ1) is 20.1. The van der Waals surface area contributed by atoms with Crippen molar-refractivity contribution in [3.8, 4) is 16.9 Å². The van der Waals surface area contributed by atoms with Gasteiger partial charge < -0.3 is 15.2 Å². The predicted octanol–water partition coefficient (Wildman–Crippen LogP) is 5.51. The highest BCUT2D eigenvalue weighted by atomic mass is 32.1. The van der Waals surface area contributed by atoms with Crippen LogP contribution in [0.15, 0.2) is 48.5 Å². The number of rotatable bonds is 5. The molecule has 2 aromatic carbocycles. The molecular formula is C23H20FNO4S. The zero-order chi connectivity index (χ0) is 21.4. The number of nitrogens with one attached hydrogen (secondary N) is 1. The third-order valence-corrected chi connectivity index (χ3v) is 6.14. The van der Waals surface area contributed by atoms with Crippen molar-refractivity contribution in [2.45, 2.75) is 32.3 Å². The van der Waals surface area contributed by atoms with Gasteiger partial charge in [-0.15, -0.1) is 11.3 Å². The molecule has 1 aliphatic rings. The van der Waals surface area contributed by atoms with Gasteiger partial charge >= 0.3 is 5.97 Å². The van der Waals surface area contributed by atoms with E-state index in [9.17, 15) is 19.1 Å². The molecule has 154 valence electrons.